The molecule has 1 atom stereocenters. The maximum absolute atomic E-state index is 13.3. The molecular weight excluding hydrogens is 353 g/mol. The molecule has 0 saturated carbocycles. The molecule has 0 bridgehead atoms. The first kappa shape index (κ1) is 16.8. The predicted molar refractivity (Wildman–Crippen MR) is 101 cm³/mol. The summed E-state index contributed by atoms with van der Waals surface area (Å²) in [6, 6.07) is 6.71. The predicted octanol–water partition coefficient (Wildman–Crippen LogP) is 5.10. The zero-order valence-corrected chi connectivity index (χ0v) is 16.0. The number of benzene rings is 1. The van der Waals surface area contributed by atoms with E-state index < -0.39 is 0 Å². The fourth-order valence-electron chi connectivity index (χ4n) is 3.31. The molecule has 0 fully saturated rings. The highest BCUT2D eigenvalue weighted by Crippen LogP contribution is 2.38. The zero-order valence-electron chi connectivity index (χ0n) is 14.3. The van der Waals surface area contributed by atoms with Crippen LogP contribution in [0, 0.1) is 11.7 Å². The van der Waals surface area contributed by atoms with Crippen molar-refractivity contribution in [1.82, 2.24) is 14.8 Å². The van der Waals surface area contributed by atoms with Crippen LogP contribution < -0.4 is 0 Å². The number of fused-ring (bicyclic) bond motifs is 1. The Morgan fingerprint density at radius 1 is 1.36 bits per heavy atom. The van der Waals surface area contributed by atoms with Crippen molar-refractivity contribution in [3.63, 3.8) is 0 Å². The Morgan fingerprint density at radius 2 is 2.24 bits per heavy atom. The molecule has 0 spiro atoms. The van der Waals surface area contributed by atoms with Gasteiger partial charge in [-0.05, 0) is 48.4 Å². The standard InChI is InChI=1S/C19H20FN3S2/c1-12-6-7-15-16(11-24-17(15)8-12)18-21-22-19(23(18)2)25-10-13-4-3-5-14(20)9-13/h3-5,9,11-12H,6-8,10H2,1-2H3. The summed E-state index contributed by atoms with van der Waals surface area (Å²) in [7, 11) is 2.01. The van der Waals surface area contributed by atoms with Crippen LogP contribution in [-0.4, -0.2) is 14.8 Å². The van der Waals surface area contributed by atoms with Crippen molar-refractivity contribution in [1.29, 1.82) is 0 Å². The first-order valence-corrected chi connectivity index (χ1v) is 10.3. The second-order valence-corrected chi connectivity index (χ2v) is 8.59. The van der Waals surface area contributed by atoms with Gasteiger partial charge in [-0.1, -0.05) is 30.8 Å². The van der Waals surface area contributed by atoms with Crippen molar-refractivity contribution < 1.29 is 4.39 Å². The Labute approximate surface area is 155 Å². The Hall–Kier alpha value is -1.66. The van der Waals surface area contributed by atoms with E-state index in [9.17, 15) is 4.39 Å². The minimum Gasteiger partial charge on any atom is -0.305 e. The van der Waals surface area contributed by atoms with Gasteiger partial charge in [0.1, 0.15) is 5.82 Å². The molecule has 3 nitrogen and oxygen atoms in total. The molecule has 1 aliphatic rings. The van der Waals surface area contributed by atoms with Crippen molar-refractivity contribution >= 4 is 23.1 Å². The van der Waals surface area contributed by atoms with Crippen molar-refractivity contribution in [2.75, 3.05) is 0 Å². The molecule has 3 aromatic rings. The van der Waals surface area contributed by atoms with Crippen LogP contribution in [0.15, 0.2) is 34.8 Å². The average Bonchev–Trinajstić information content (AvgIpc) is 3.16. The van der Waals surface area contributed by atoms with Crippen LogP contribution in [0.25, 0.3) is 11.4 Å². The van der Waals surface area contributed by atoms with Gasteiger partial charge in [0.25, 0.3) is 0 Å². The second kappa shape index (κ2) is 6.92. The molecule has 2 aromatic heterocycles. The van der Waals surface area contributed by atoms with Gasteiger partial charge in [0.05, 0.1) is 0 Å². The molecule has 0 amide bonds. The summed E-state index contributed by atoms with van der Waals surface area (Å²) in [6.45, 7) is 2.33. The lowest BCUT2D eigenvalue weighted by molar-refractivity contribution is 0.508. The Bertz CT molecular complexity index is 900. The van der Waals surface area contributed by atoms with Gasteiger partial charge < -0.3 is 4.57 Å². The van der Waals surface area contributed by atoms with Gasteiger partial charge in [-0.3, -0.25) is 0 Å². The molecule has 1 aliphatic carbocycles. The van der Waals surface area contributed by atoms with E-state index >= 15 is 0 Å². The Morgan fingerprint density at radius 3 is 3.08 bits per heavy atom. The molecule has 1 unspecified atom stereocenters. The third-order valence-corrected chi connectivity index (χ3v) is 6.88. The highest BCUT2D eigenvalue weighted by atomic mass is 32.2. The maximum atomic E-state index is 13.3. The van der Waals surface area contributed by atoms with E-state index in [-0.39, 0.29) is 5.82 Å². The number of thioether (sulfide) groups is 1. The molecule has 25 heavy (non-hydrogen) atoms. The van der Waals surface area contributed by atoms with Gasteiger partial charge in [-0.25, -0.2) is 4.39 Å². The third-order valence-electron chi connectivity index (χ3n) is 4.73. The SMILES string of the molecule is CC1CCc2c(-c3nnc(SCc4cccc(F)c4)n3C)csc2C1. The fourth-order valence-corrected chi connectivity index (χ4v) is 5.41. The molecule has 0 saturated heterocycles. The zero-order chi connectivity index (χ0) is 17.4. The van der Waals surface area contributed by atoms with E-state index in [2.05, 4.69) is 27.1 Å². The van der Waals surface area contributed by atoms with Gasteiger partial charge >= 0.3 is 0 Å². The molecule has 4 rings (SSSR count). The number of rotatable bonds is 4. The monoisotopic (exact) mass is 373 g/mol. The Kier molecular flexibility index (Phi) is 4.65. The van der Waals surface area contributed by atoms with Crippen LogP contribution in [0.2, 0.25) is 0 Å². The second-order valence-electron chi connectivity index (χ2n) is 6.68. The minimum absolute atomic E-state index is 0.198. The summed E-state index contributed by atoms with van der Waals surface area (Å²) in [5.41, 5.74) is 3.65. The van der Waals surface area contributed by atoms with E-state index in [0.29, 0.717) is 5.75 Å². The lowest BCUT2D eigenvalue weighted by Gasteiger charge is -2.18. The van der Waals surface area contributed by atoms with Crippen molar-refractivity contribution in [3.05, 3.63) is 51.5 Å². The Balaban J connectivity index is 1.55. The number of aromatic nitrogens is 3. The lowest BCUT2D eigenvalue weighted by atomic mass is 9.88. The van der Waals surface area contributed by atoms with Gasteiger partial charge in [-0.2, -0.15) is 0 Å². The topological polar surface area (TPSA) is 30.7 Å². The largest absolute Gasteiger partial charge is 0.305 e. The molecule has 1 aromatic carbocycles. The van der Waals surface area contributed by atoms with Crippen LogP contribution >= 0.6 is 23.1 Å². The van der Waals surface area contributed by atoms with Gasteiger partial charge in [0.15, 0.2) is 11.0 Å². The quantitative estimate of drug-likeness (QED) is 0.596. The average molecular weight is 374 g/mol. The summed E-state index contributed by atoms with van der Waals surface area (Å²) in [5, 5.41) is 11.9. The van der Waals surface area contributed by atoms with Crippen molar-refractivity contribution in [2.45, 2.75) is 37.1 Å². The lowest BCUT2D eigenvalue weighted by Crippen LogP contribution is -2.09. The molecule has 0 N–H and O–H groups in total. The first-order valence-electron chi connectivity index (χ1n) is 8.48. The van der Waals surface area contributed by atoms with Crippen LogP contribution in [-0.2, 0) is 25.6 Å². The molecule has 0 aliphatic heterocycles. The summed E-state index contributed by atoms with van der Waals surface area (Å²) in [4.78, 5) is 1.51. The molecule has 2 heterocycles. The van der Waals surface area contributed by atoms with E-state index in [0.717, 1.165) is 28.9 Å². The van der Waals surface area contributed by atoms with Gasteiger partial charge in [0, 0.05) is 28.6 Å². The molecule has 0 radical (unpaired) electrons. The summed E-state index contributed by atoms with van der Waals surface area (Å²) in [5.74, 6) is 2.20. The molecule has 6 heteroatoms. The molecule has 130 valence electrons. The number of nitrogens with zero attached hydrogens (tertiary/aromatic N) is 3. The van der Waals surface area contributed by atoms with E-state index in [4.69, 9.17) is 0 Å². The van der Waals surface area contributed by atoms with Crippen LogP contribution in [0.4, 0.5) is 4.39 Å². The number of hydrogen-bond donors (Lipinski definition) is 0. The van der Waals surface area contributed by atoms with Crippen molar-refractivity contribution in [3.8, 4) is 11.4 Å². The summed E-state index contributed by atoms with van der Waals surface area (Å²) < 4.78 is 15.4. The summed E-state index contributed by atoms with van der Waals surface area (Å²) >= 11 is 3.44. The number of hydrogen-bond acceptors (Lipinski definition) is 4. The molecular formula is C19H20FN3S2. The normalized spacial score (nSPS) is 16.8. The maximum Gasteiger partial charge on any atom is 0.191 e. The number of halogens is 1. The van der Waals surface area contributed by atoms with E-state index in [1.165, 1.54) is 34.9 Å². The highest BCUT2D eigenvalue weighted by Gasteiger charge is 2.23. The van der Waals surface area contributed by atoms with Crippen molar-refractivity contribution in [2.24, 2.45) is 13.0 Å². The van der Waals surface area contributed by atoms with Crippen LogP contribution in [0.5, 0.6) is 0 Å². The van der Waals surface area contributed by atoms with Crippen LogP contribution in [0.1, 0.15) is 29.3 Å². The smallest absolute Gasteiger partial charge is 0.191 e. The van der Waals surface area contributed by atoms with E-state index in [1.807, 2.05) is 24.5 Å². The van der Waals surface area contributed by atoms with E-state index in [1.54, 1.807) is 23.9 Å². The van der Waals surface area contributed by atoms with Gasteiger partial charge in [-0.15, -0.1) is 21.5 Å². The first-order chi connectivity index (χ1) is 12.1. The number of thiophene rings is 1. The van der Waals surface area contributed by atoms with Gasteiger partial charge in [0.2, 0.25) is 0 Å². The third kappa shape index (κ3) is 3.37. The van der Waals surface area contributed by atoms with Crippen LogP contribution in [0.3, 0.4) is 0 Å². The summed E-state index contributed by atoms with van der Waals surface area (Å²) in [6.07, 6.45) is 3.56. The fraction of sp³-hybridized carbons (Fsp3) is 0.368. The minimum atomic E-state index is -0.198. The highest BCUT2D eigenvalue weighted by molar-refractivity contribution is 7.98.